The summed E-state index contributed by atoms with van der Waals surface area (Å²) in [6.07, 6.45) is 1.51. The van der Waals surface area contributed by atoms with Gasteiger partial charge in [-0.05, 0) is 6.07 Å². The number of pyridine rings is 1. The van der Waals surface area contributed by atoms with E-state index in [1.165, 1.54) is 6.33 Å². The first-order valence-corrected chi connectivity index (χ1v) is 6.97. The highest BCUT2D eigenvalue weighted by Crippen LogP contribution is 2.22. The summed E-state index contributed by atoms with van der Waals surface area (Å²) < 4.78 is 12.1. The van der Waals surface area contributed by atoms with E-state index in [1.54, 1.807) is 23.8 Å². The van der Waals surface area contributed by atoms with E-state index >= 15 is 0 Å². The van der Waals surface area contributed by atoms with Crippen LogP contribution in [0.25, 0.3) is 11.0 Å². The normalized spacial score (nSPS) is 15.6. The third-order valence-electron chi connectivity index (χ3n) is 3.59. The van der Waals surface area contributed by atoms with Gasteiger partial charge in [0.15, 0.2) is 0 Å². The molecule has 3 rings (SSSR count). The maximum atomic E-state index is 12.0. The van der Waals surface area contributed by atoms with Crippen molar-refractivity contribution in [3.05, 3.63) is 28.8 Å². The highest BCUT2D eigenvalue weighted by molar-refractivity contribution is 5.87. The molecule has 1 fully saturated rings. The second kappa shape index (κ2) is 6.19. The van der Waals surface area contributed by atoms with Crippen LogP contribution in [-0.2, 0) is 16.0 Å². The van der Waals surface area contributed by atoms with Crippen molar-refractivity contribution in [1.29, 1.82) is 0 Å². The molecule has 3 heterocycles. The van der Waals surface area contributed by atoms with Crippen LogP contribution >= 0.6 is 0 Å². The van der Waals surface area contributed by atoms with Crippen LogP contribution < -0.4 is 10.5 Å². The van der Waals surface area contributed by atoms with Crippen molar-refractivity contribution in [3.63, 3.8) is 0 Å². The summed E-state index contributed by atoms with van der Waals surface area (Å²) in [5.41, 5.74) is 0.571. The van der Waals surface area contributed by atoms with E-state index in [0.717, 1.165) is 24.3 Å². The highest BCUT2D eigenvalue weighted by atomic mass is 16.5. The van der Waals surface area contributed by atoms with Gasteiger partial charge in [-0.2, -0.15) is 0 Å². The summed E-state index contributed by atoms with van der Waals surface area (Å²) in [5.74, 6) is 0.856. The molecule has 0 unspecified atom stereocenters. The lowest BCUT2D eigenvalue weighted by Gasteiger charge is -2.28. The Labute approximate surface area is 122 Å². The number of anilines is 1. The summed E-state index contributed by atoms with van der Waals surface area (Å²) in [5, 5.41) is 0.884. The lowest BCUT2D eigenvalue weighted by molar-refractivity contribution is 0.122. The number of hydrogen-bond acceptors (Lipinski definition) is 6. The second-order valence-electron chi connectivity index (χ2n) is 4.85. The maximum absolute atomic E-state index is 12.0. The lowest BCUT2D eigenvalue weighted by atomic mass is 10.2. The van der Waals surface area contributed by atoms with Crippen LogP contribution in [0.4, 0.5) is 5.82 Å². The predicted octanol–water partition coefficient (Wildman–Crippen LogP) is 0.275. The van der Waals surface area contributed by atoms with Crippen molar-refractivity contribution < 1.29 is 9.47 Å². The summed E-state index contributed by atoms with van der Waals surface area (Å²) >= 11 is 0. The van der Waals surface area contributed by atoms with Crippen LogP contribution in [0.3, 0.4) is 0 Å². The third-order valence-corrected chi connectivity index (χ3v) is 3.59. The van der Waals surface area contributed by atoms with Gasteiger partial charge >= 0.3 is 0 Å². The Balaban J connectivity index is 2.08. The number of ether oxygens (including phenoxy) is 2. The van der Waals surface area contributed by atoms with E-state index in [-0.39, 0.29) is 5.56 Å². The molecule has 2 aromatic rings. The molecule has 1 aliphatic heterocycles. The average molecular weight is 290 g/mol. The molecule has 0 aromatic carbocycles. The van der Waals surface area contributed by atoms with E-state index in [9.17, 15) is 4.79 Å². The molecule has 0 bridgehead atoms. The fourth-order valence-corrected chi connectivity index (χ4v) is 2.52. The molecule has 0 N–H and O–H groups in total. The van der Waals surface area contributed by atoms with Crippen LogP contribution in [0, 0.1) is 0 Å². The zero-order valence-corrected chi connectivity index (χ0v) is 12.0. The van der Waals surface area contributed by atoms with Crippen molar-refractivity contribution in [3.8, 4) is 0 Å². The molecule has 0 spiro atoms. The molecule has 1 saturated heterocycles. The van der Waals surface area contributed by atoms with E-state index in [2.05, 4.69) is 14.9 Å². The minimum absolute atomic E-state index is 0.0776. The molecule has 0 saturated carbocycles. The fourth-order valence-electron chi connectivity index (χ4n) is 2.52. The number of fused-ring (bicyclic) bond motifs is 1. The van der Waals surface area contributed by atoms with E-state index < -0.39 is 0 Å². The Morgan fingerprint density at radius 1 is 1.29 bits per heavy atom. The van der Waals surface area contributed by atoms with Crippen molar-refractivity contribution in [1.82, 2.24) is 14.5 Å². The Hall–Kier alpha value is -1.99. The molecule has 7 nitrogen and oxygen atoms in total. The summed E-state index contributed by atoms with van der Waals surface area (Å²) in [4.78, 5) is 22.9. The van der Waals surface area contributed by atoms with Crippen LogP contribution in [0.5, 0.6) is 0 Å². The average Bonchev–Trinajstić information content (AvgIpc) is 2.54. The zero-order chi connectivity index (χ0) is 14.7. The molecular weight excluding hydrogens is 272 g/mol. The Bertz CT molecular complexity index is 679. The molecular formula is C14H18N4O3. The minimum atomic E-state index is -0.0776. The molecule has 112 valence electrons. The van der Waals surface area contributed by atoms with Gasteiger partial charge in [-0.15, -0.1) is 0 Å². The largest absolute Gasteiger partial charge is 0.383 e. The topological polar surface area (TPSA) is 69.5 Å². The van der Waals surface area contributed by atoms with Gasteiger partial charge in [-0.3, -0.25) is 9.36 Å². The van der Waals surface area contributed by atoms with Crippen molar-refractivity contribution in [2.24, 2.45) is 0 Å². The smallest absolute Gasteiger partial charge is 0.252 e. The number of rotatable bonds is 4. The Kier molecular flexibility index (Phi) is 4.12. The van der Waals surface area contributed by atoms with Crippen LogP contribution in [-0.4, -0.2) is 54.6 Å². The molecule has 0 atom stereocenters. The summed E-state index contributed by atoms with van der Waals surface area (Å²) in [6, 6.07) is 3.36. The van der Waals surface area contributed by atoms with Gasteiger partial charge in [0, 0.05) is 26.3 Å². The molecule has 7 heteroatoms. The number of morpholine rings is 1. The quantitative estimate of drug-likeness (QED) is 0.805. The Morgan fingerprint density at radius 2 is 2.10 bits per heavy atom. The van der Waals surface area contributed by atoms with Crippen LogP contribution in [0.2, 0.25) is 0 Å². The molecule has 21 heavy (non-hydrogen) atoms. The summed E-state index contributed by atoms with van der Waals surface area (Å²) in [6.45, 7) is 3.92. The Morgan fingerprint density at radius 3 is 2.86 bits per heavy atom. The van der Waals surface area contributed by atoms with Crippen molar-refractivity contribution in [2.75, 3.05) is 44.9 Å². The molecule has 2 aromatic heterocycles. The molecule has 1 aliphatic rings. The van der Waals surface area contributed by atoms with Crippen LogP contribution in [0.1, 0.15) is 0 Å². The van der Waals surface area contributed by atoms with Gasteiger partial charge in [0.1, 0.15) is 17.8 Å². The molecule has 0 aliphatic carbocycles. The van der Waals surface area contributed by atoms with Gasteiger partial charge < -0.3 is 14.4 Å². The van der Waals surface area contributed by atoms with Gasteiger partial charge in [0.25, 0.3) is 5.56 Å². The fraction of sp³-hybridized carbons (Fsp3) is 0.500. The summed E-state index contributed by atoms with van der Waals surface area (Å²) in [7, 11) is 1.62. The first-order valence-electron chi connectivity index (χ1n) is 6.97. The monoisotopic (exact) mass is 290 g/mol. The number of aromatic nitrogens is 3. The SMILES string of the molecule is COCCn1c(=O)ccc2c(N3CCOCC3)ncnc21. The predicted molar refractivity (Wildman–Crippen MR) is 78.7 cm³/mol. The second-order valence-corrected chi connectivity index (χ2v) is 4.85. The van der Waals surface area contributed by atoms with E-state index in [1.807, 2.05) is 0 Å². The minimum Gasteiger partial charge on any atom is -0.383 e. The van der Waals surface area contributed by atoms with Crippen LogP contribution in [0.15, 0.2) is 23.3 Å². The van der Waals surface area contributed by atoms with Crippen molar-refractivity contribution >= 4 is 16.9 Å². The molecule has 0 radical (unpaired) electrons. The standard InChI is InChI=1S/C14H18N4O3/c1-20-7-6-18-12(19)3-2-11-13(15-10-16-14(11)18)17-4-8-21-9-5-17/h2-3,10H,4-9H2,1H3. The number of methoxy groups -OCH3 is 1. The third kappa shape index (κ3) is 2.74. The number of nitrogens with zero attached hydrogens (tertiary/aromatic N) is 4. The first kappa shape index (κ1) is 14.0. The van der Waals surface area contributed by atoms with Crippen molar-refractivity contribution in [2.45, 2.75) is 6.54 Å². The number of hydrogen-bond donors (Lipinski definition) is 0. The lowest BCUT2D eigenvalue weighted by Crippen LogP contribution is -2.37. The molecule has 0 amide bonds. The van der Waals surface area contributed by atoms with Gasteiger partial charge in [0.2, 0.25) is 0 Å². The maximum Gasteiger partial charge on any atom is 0.252 e. The van der Waals surface area contributed by atoms with E-state index in [0.29, 0.717) is 32.0 Å². The van der Waals surface area contributed by atoms with Gasteiger partial charge in [0.05, 0.1) is 31.8 Å². The highest BCUT2D eigenvalue weighted by Gasteiger charge is 2.17. The zero-order valence-electron chi connectivity index (χ0n) is 12.0. The van der Waals surface area contributed by atoms with Gasteiger partial charge in [-0.25, -0.2) is 9.97 Å². The first-order chi connectivity index (χ1) is 10.3. The van der Waals surface area contributed by atoms with Gasteiger partial charge in [-0.1, -0.05) is 0 Å². The van der Waals surface area contributed by atoms with E-state index in [4.69, 9.17) is 9.47 Å².